The summed E-state index contributed by atoms with van der Waals surface area (Å²) in [6, 6.07) is 14.9. The molecule has 0 saturated heterocycles. The Kier molecular flexibility index (Phi) is 5.15. The van der Waals surface area contributed by atoms with Gasteiger partial charge in [0.05, 0.1) is 17.2 Å². The van der Waals surface area contributed by atoms with Crippen LogP contribution in [0.3, 0.4) is 0 Å². The quantitative estimate of drug-likeness (QED) is 0.737. The molecule has 3 nitrogen and oxygen atoms in total. The number of rotatable bonds is 3. The Morgan fingerprint density at radius 1 is 1.30 bits per heavy atom. The molecule has 0 atom stereocenters. The van der Waals surface area contributed by atoms with E-state index in [-0.39, 0.29) is 5.91 Å². The van der Waals surface area contributed by atoms with Crippen LogP contribution in [-0.4, -0.2) is 5.91 Å². The second kappa shape index (κ2) is 6.86. The van der Waals surface area contributed by atoms with Crippen LogP contribution in [0.25, 0.3) is 0 Å². The first kappa shape index (κ1) is 15.0. The van der Waals surface area contributed by atoms with Crippen LogP contribution in [0.4, 0.5) is 0 Å². The highest BCUT2D eigenvalue weighted by Gasteiger charge is 2.10. The van der Waals surface area contributed by atoms with Crippen LogP contribution in [0.15, 0.2) is 46.9 Å². The maximum absolute atomic E-state index is 12.1. The molecule has 0 saturated carbocycles. The van der Waals surface area contributed by atoms with Gasteiger partial charge in [-0.1, -0.05) is 12.1 Å². The van der Waals surface area contributed by atoms with Gasteiger partial charge in [-0.3, -0.25) is 4.79 Å². The number of nitriles is 1. The molecule has 0 aromatic heterocycles. The summed E-state index contributed by atoms with van der Waals surface area (Å²) in [5.74, 6) is -0.141. The van der Waals surface area contributed by atoms with Crippen molar-refractivity contribution in [3.05, 3.63) is 67.2 Å². The summed E-state index contributed by atoms with van der Waals surface area (Å²) in [6.07, 6.45) is 0. The predicted molar refractivity (Wildman–Crippen MR) is 89.2 cm³/mol. The average Bonchev–Trinajstić information content (AvgIpc) is 2.47. The summed E-state index contributed by atoms with van der Waals surface area (Å²) in [7, 11) is 0. The molecule has 1 amide bonds. The Morgan fingerprint density at radius 2 is 2.10 bits per heavy atom. The highest BCUT2D eigenvalue weighted by atomic mass is 127. The van der Waals surface area contributed by atoms with Crippen molar-refractivity contribution >= 4 is 44.4 Å². The van der Waals surface area contributed by atoms with E-state index in [1.54, 1.807) is 18.2 Å². The van der Waals surface area contributed by atoms with Gasteiger partial charge in [0.1, 0.15) is 0 Å². The number of benzene rings is 2. The van der Waals surface area contributed by atoms with Gasteiger partial charge >= 0.3 is 0 Å². The molecule has 5 heteroatoms. The van der Waals surface area contributed by atoms with Gasteiger partial charge < -0.3 is 5.32 Å². The molecule has 0 spiro atoms. The largest absolute Gasteiger partial charge is 0.348 e. The van der Waals surface area contributed by atoms with Crippen LogP contribution in [0.2, 0.25) is 0 Å². The van der Waals surface area contributed by atoms with E-state index in [2.05, 4.69) is 49.9 Å². The van der Waals surface area contributed by atoms with Gasteiger partial charge in [-0.2, -0.15) is 5.26 Å². The van der Waals surface area contributed by atoms with Gasteiger partial charge in [0, 0.05) is 14.6 Å². The molecule has 2 aromatic rings. The van der Waals surface area contributed by atoms with Crippen molar-refractivity contribution in [1.82, 2.24) is 5.32 Å². The summed E-state index contributed by atoms with van der Waals surface area (Å²) in [5.41, 5.74) is 2.10. The minimum absolute atomic E-state index is 0.141. The van der Waals surface area contributed by atoms with Crippen molar-refractivity contribution < 1.29 is 4.79 Å². The van der Waals surface area contributed by atoms with Crippen molar-refractivity contribution in [2.24, 2.45) is 0 Å². The van der Waals surface area contributed by atoms with Crippen LogP contribution in [0, 0.1) is 14.9 Å². The van der Waals surface area contributed by atoms with E-state index in [4.69, 9.17) is 5.26 Å². The maximum atomic E-state index is 12.1. The molecular formula is C15H10BrIN2O. The molecule has 0 bridgehead atoms. The lowest BCUT2D eigenvalue weighted by atomic mass is 10.1. The van der Waals surface area contributed by atoms with Crippen molar-refractivity contribution in [2.45, 2.75) is 6.54 Å². The topological polar surface area (TPSA) is 52.9 Å². The predicted octanol–water partition coefficient (Wildman–Crippen LogP) is 3.86. The van der Waals surface area contributed by atoms with E-state index >= 15 is 0 Å². The third kappa shape index (κ3) is 3.81. The SMILES string of the molecule is N#Cc1cccc(CNC(=O)c2cc(I)ccc2Br)c1. The zero-order valence-corrected chi connectivity index (χ0v) is 14.1. The van der Waals surface area contributed by atoms with E-state index in [0.717, 1.165) is 13.6 Å². The van der Waals surface area contributed by atoms with Crippen LogP contribution >= 0.6 is 38.5 Å². The van der Waals surface area contributed by atoms with Gasteiger partial charge in [0.25, 0.3) is 5.91 Å². The van der Waals surface area contributed by atoms with Crippen molar-refractivity contribution in [3.8, 4) is 6.07 Å². The van der Waals surface area contributed by atoms with Gasteiger partial charge in [-0.25, -0.2) is 0 Å². The fraction of sp³-hybridized carbons (Fsp3) is 0.0667. The molecular weight excluding hydrogens is 431 g/mol. The molecule has 0 aliphatic rings. The summed E-state index contributed by atoms with van der Waals surface area (Å²) in [5, 5.41) is 11.7. The highest BCUT2D eigenvalue weighted by Crippen LogP contribution is 2.19. The Hall–Kier alpha value is -1.39. The minimum Gasteiger partial charge on any atom is -0.348 e. The Bertz CT molecular complexity index is 695. The van der Waals surface area contributed by atoms with Gasteiger partial charge in [-0.05, 0) is 74.4 Å². The number of hydrogen-bond donors (Lipinski definition) is 1. The Balaban J connectivity index is 2.09. The van der Waals surface area contributed by atoms with Crippen LogP contribution in [-0.2, 0) is 6.54 Å². The van der Waals surface area contributed by atoms with Gasteiger partial charge in [0.2, 0.25) is 0 Å². The smallest absolute Gasteiger partial charge is 0.252 e. The van der Waals surface area contributed by atoms with E-state index in [1.165, 1.54) is 0 Å². The third-order valence-corrected chi connectivity index (χ3v) is 4.04. The number of nitrogens with one attached hydrogen (secondary N) is 1. The maximum Gasteiger partial charge on any atom is 0.252 e. The van der Waals surface area contributed by atoms with E-state index in [0.29, 0.717) is 17.7 Å². The molecule has 2 rings (SSSR count). The molecule has 100 valence electrons. The van der Waals surface area contributed by atoms with E-state index < -0.39 is 0 Å². The second-order valence-corrected chi connectivity index (χ2v) is 6.22. The fourth-order valence-corrected chi connectivity index (χ4v) is 2.62. The molecule has 0 aliphatic carbocycles. The van der Waals surface area contributed by atoms with Gasteiger partial charge in [0.15, 0.2) is 0 Å². The first-order valence-corrected chi connectivity index (χ1v) is 7.69. The summed E-state index contributed by atoms with van der Waals surface area (Å²) in [6.45, 7) is 0.395. The third-order valence-electron chi connectivity index (χ3n) is 2.68. The summed E-state index contributed by atoms with van der Waals surface area (Å²) in [4.78, 5) is 12.1. The normalized spacial score (nSPS) is 9.85. The number of halogens is 2. The molecule has 0 heterocycles. The van der Waals surface area contributed by atoms with Gasteiger partial charge in [-0.15, -0.1) is 0 Å². The van der Waals surface area contributed by atoms with E-state index in [9.17, 15) is 4.79 Å². The average molecular weight is 441 g/mol. The lowest BCUT2D eigenvalue weighted by Gasteiger charge is -2.08. The number of hydrogen-bond acceptors (Lipinski definition) is 2. The lowest BCUT2D eigenvalue weighted by Crippen LogP contribution is -2.23. The number of nitrogens with zero attached hydrogens (tertiary/aromatic N) is 1. The monoisotopic (exact) mass is 440 g/mol. The number of amides is 1. The Morgan fingerprint density at radius 3 is 2.85 bits per heavy atom. The van der Waals surface area contributed by atoms with Crippen molar-refractivity contribution in [1.29, 1.82) is 5.26 Å². The molecule has 0 radical (unpaired) electrons. The Labute approximate surface area is 139 Å². The number of carbonyl (C=O) groups is 1. The second-order valence-electron chi connectivity index (χ2n) is 4.12. The highest BCUT2D eigenvalue weighted by molar-refractivity contribution is 14.1. The number of carbonyl (C=O) groups excluding carboxylic acids is 1. The molecule has 2 aromatic carbocycles. The molecule has 1 N–H and O–H groups in total. The zero-order valence-electron chi connectivity index (χ0n) is 10.4. The van der Waals surface area contributed by atoms with Crippen LogP contribution in [0.5, 0.6) is 0 Å². The first-order valence-electron chi connectivity index (χ1n) is 5.82. The lowest BCUT2D eigenvalue weighted by molar-refractivity contribution is 0.0950. The van der Waals surface area contributed by atoms with Crippen molar-refractivity contribution in [3.63, 3.8) is 0 Å². The molecule has 0 unspecified atom stereocenters. The first-order chi connectivity index (χ1) is 9.60. The van der Waals surface area contributed by atoms with Crippen molar-refractivity contribution in [2.75, 3.05) is 0 Å². The summed E-state index contributed by atoms with van der Waals surface area (Å²) >= 11 is 5.54. The van der Waals surface area contributed by atoms with E-state index in [1.807, 2.05) is 24.3 Å². The fourth-order valence-electron chi connectivity index (χ4n) is 1.70. The van der Waals surface area contributed by atoms with Crippen LogP contribution in [0.1, 0.15) is 21.5 Å². The molecule has 0 aliphatic heterocycles. The standard InChI is InChI=1S/C15H10BrIN2O/c16-14-5-4-12(17)7-13(14)15(20)19-9-11-3-1-2-10(6-11)8-18/h1-7H,9H2,(H,19,20). The summed E-state index contributed by atoms with van der Waals surface area (Å²) < 4.78 is 1.77. The molecule has 20 heavy (non-hydrogen) atoms. The molecule has 0 fully saturated rings. The van der Waals surface area contributed by atoms with Crippen LogP contribution < -0.4 is 5.32 Å². The minimum atomic E-state index is -0.141. The zero-order chi connectivity index (χ0) is 14.5.